The zero-order valence-electron chi connectivity index (χ0n) is 86.2. The van der Waals surface area contributed by atoms with Crippen molar-refractivity contribution in [3.05, 3.63) is 0 Å². The van der Waals surface area contributed by atoms with Gasteiger partial charge < -0.3 is 94.8 Å². The molecule has 42 nitrogen and oxygen atoms in total. The van der Waals surface area contributed by atoms with E-state index in [0.29, 0.717) is 163 Å². The Hall–Kier alpha value is -9.53. The highest BCUT2D eigenvalue weighted by Crippen LogP contribution is 2.16. The molecule has 0 aromatic carbocycles. The summed E-state index contributed by atoms with van der Waals surface area (Å²) in [6.07, 6.45) is 5.53. The molecule has 0 aliphatic carbocycles. The monoisotopic (exact) mass is 1970 g/mol. The van der Waals surface area contributed by atoms with Crippen LogP contribution in [0.25, 0.3) is 0 Å². The van der Waals surface area contributed by atoms with Crippen LogP contribution in [-0.4, -0.2) is 417 Å². The molecule has 7 fully saturated rings. The molecule has 0 radical (unpaired) electrons. The number of hydrogen-bond acceptors (Lipinski definition) is 31. The molecule has 0 atom stereocenters. The maximum atomic E-state index is 11.6. The summed E-state index contributed by atoms with van der Waals surface area (Å²) in [5, 5.41) is 60.8. The molecule has 138 heavy (non-hydrogen) atoms. The maximum Gasteiger partial charge on any atom is 0.241 e. The van der Waals surface area contributed by atoms with E-state index in [-0.39, 0.29) is 261 Å². The van der Waals surface area contributed by atoms with Gasteiger partial charge in [-0.3, -0.25) is 106 Å². The summed E-state index contributed by atoms with van der Waals surface area (Å²) in [7, 11) is 3.20. The highest BCUT2D eigenvalue weighted by atomic mass is 16.5. The van der Waals surface area contributed by atoms with Crippen molar-refractivity contribution in [1.29, 1.82) is 0 Å². The number of nitrogens with one attached hydrogen (secondary N) is 3. The minimum Gasteiger partial charge on any atom is -0.396 e. The third-order valence-corrected chi connectivity index (χ3v) is 22.0. The van der Waals surface area contributed by atoms with Crippen LogP contribution < -0.4 is 16.1 Å². The average molecular weight is 1970 g/mol. The van der Waals surface area contributed by atoms with Crippen LogP contribution in [0.15, 0.2) is 0 Å². The molecule has 0 bridgehead atoms. The van der Waals surface area contributed by atoms with E-state index in [2.05, 4.69) is 27.9 Å². The van der Waals surface area contributed by atoms with Crippen LogP contribution in [0.4, 0.5) is 0 Å². The van der Waals surface area contributed by atoms with Gasteiger partial charge >= 0.3 is 0 Å². The van der Waals surface area contributed by atoms with Crippen molar-refractivity contribution in [3.63, 3.8) is 0 Å². The summed E-state index contributed by atoms with van der Waals surface area (Å²) in [5.74, 6) is -2.60. The number of likely N-dealkylation sites (N-methyl/N-ethyl adjacent to an activating group) is 2. The number of ether oxygens (including phenoxy) is 2. The van der Waals surface area contributed by atoms with Gasteiger partial charge in [-0.2, -0.15) is 0 Å². The van der Waals surface area contributed by atoms with Crippen LogP contribution in [0.2, 0.25) is 0 Å². The molecular formula is C96H169N13O29. The van der Waals surface area contributed by atoms with E-state index < -0.39 is 5.54 Å². The highest BCUT2D eigenvalue weighted by Gasteiger charge is 2.30. The maximum absolute atomic E-state index is 11.6. The lowest BCUT2D eigenvalue weighted by Crippen LogP contribution is -2.50. The van der Waals surface area contributed by atoms with Crippen LogP contribution in [-0.2, 0) is 110 Å². The molecule has 11 amide bonds. The van der Waals surface area contributed by atoms with Gasteiger partial charge in [0.1, 0.15) is 57.8 Å². The first-order valence-corrected chi connectivity index (χ1v) is 48.1. The number of hydrogen-bond donors (Lipinski definition) is 9. The fourth-order valence-electron chi connectivity index (χ4n) is 12.7. The molecule has 7 rings (SSSR count). The Morgan fingerprint density at radius 3 is 1.07 bits per heavy atom. The summed E-state index contributed by atoms with van der Waals surface area (Å²) >= 11 is 0. The van der Waals surface area contributed by atoms with E-state index in [1.165, 1.54) is 51.3 Å². The Morgan fingerprint density at radius 1 is 0.362 bits per heavy atom. The second-order valence-corrected chi connectivity index (χ2v) is 36.8. The van der Waals surface area contributed by atoms with Gasteiger partial charge in [0.25, 0.3) is 0 Å². The van der Waals surface area contributed by atoms with E-state index in [1.54, 1.807) is 111 Å². The Kier molecular flexibility index (Phi) is 72.4. The molecule has 0 aromatic heterocycles. The number of nitrogens with zero attached hydrogens (tertiary/aromatic N) is 10. The summed E-state index contributed by atoms with van der Waals surface area (Å²) in [6.45, 7) is 44.8. The molecule has 0 unspecified atom stereocenters. The minimum atomic E-state index is -0.658. The first-order valence-electron chi connectivity index (χ1n) is 48.1. The summed E-state index contributed by atoms with van der Waals surface area (Å²) in [5.41, 5.74) is 1.97. The third kappa shape index (κ3) is 67.7. The predicted octanol–water partition coefficient (Wildman–Crippen LogP) is 1.23. The number of ketones is 10. The molecular weight excluding hydrogens is 1800 g/mol. The quantitative estimate of drug-likeness (QED) is 0.0403. The number of rotatable bonds is 35. The normalized spacial score (nSPS) is 15.9. The Balaban J connectivity index is -0.00000147. The number of piperidine rings is 3. The number of amides is 11. The first-order chi connectivity index (χ1) is 64.5. The van der Waals surface area contributed by atoms with Gasteiger partial charge in [0, 0.05) is 195 Å². The zero-order chi connectivity index (χ0) is 106. The number of likely N-dealkylation sites (tertiary alicyclic amines) is 2. The third-order valence-electron chi connectivity index (χ3n) is 22.0. The molecule has 0 spiro atoms. The summed E-state index contributed by atoms with van der Waals surface area (Å²) in [6, 6.07) is 0.195. The fraction of sp³-hybridized carbons (Fsp3) is 0.781. The van der Waals surface area contributed by atoms with Crippen LogP contribution in [0.5, 0.6) is 0 Å². The fourth-order valence-corrected chi connectivity index (χ4v) is 12.7. The molecule has 0 aromatic rings. The van der Waals surface area contributed by atoms with Crippen LogP contribution >= 0.6 is 0 Å². The molecule has 9 N–H and O–H groups in total. The van der Waals surface area contributed by atoms with Gasteiger partial charge in [0.05, 0.1) is 114 Å². The average Bonchev–Trinajstić information content (AvgIpc) is 0.870. The number of Topliss-reactive ketones (excluding diaryl/α,β-unsaturated/α-hetero) is 10. The Morgan fingerprint density at radius 2 is 0.696 bits per heavy atom. The molecule has 7 heterocycles. The second kappa shape index (κ2) is 75.4. The van der Waals surface area contributed by atoms with Crippen molar-refractivity contribution in [2.24, 2.45) is 23.7 Å². The van der Waals surface area contributed by atoms with Gasteiger partial charge in [0.15, 0.2) is 0 Å². The molecule has 7 aliphatic rings. The summed E-state index contributed by atoms with van der Waals surface area (Å²) < 4.78 is 10.3. The number of morpholine rings is 1. The first kappa shape index (κ1) is 133. The Labute approximate surface area is 816 Å². The molecule has 7 saturated heterocycles. The Bertz CT molecular complexity index is 3750. The number of hydrazine groups is 1. The standard InChI is InChI=1S/C11H19NO3.C10H16N2O3.C10H18N2O2.2C10H17NO3.C10H19NO3.C9H16N2O3.C9H15NO3.C9H17NO3.C8H15NO3/c1-8(2)10(14)7-11(15)12-5-3-9(13)4-6-12;1-8(13)7-10(15)12-5-3-11(4-6-12)9(2)14;1-3-11-4-6-12(7-5-11)10(14)8-9(2)13;1-8(2)9(12)7-10(13)11-3-5-14-6-4-11;1-2-8(12)7-10(14)11-5-3-9(13)4-6-11;1-7(2)8(13)5-9(14)11-10(3,4)6-12;1-7(12)6-9(14)10-11-4-2-8(13)3-5-11;1-7(11)6-9(12)10-8-2-4-13-5-3-8;1-7(2)8(12)6-9(13)10(3)4-5-11;1-7(11)6-8(12)9(2)4-3-5-10/h8-9,13H,3-7H2,1-2H3;3-7H2,1-2H3;3-8H2,1-2H3;8H,3-7H2,1-2H3;9,13H,2-7H2,1H3;7,12H,5-6H2,1-4H3,(H,11,14);8,13H,2-6H2,1H3,(H,10,14);8H,2-6H2,1H3,(H,10,12);7,11H,4-6H2,1-3H3;10H,3-6H2,1-2H3. The van der Waals surface area contributed by atoms with Gasteiger partial charge in [-0.15, -0.1) is 0 Å². The van der Waals surface area contributed by atoms with Crippen LogP contribution in [0.3, 0.4) is 0 Å². The smallest absolute Gasteiger partial charge is 0.241 e. The number of aliphatic hydroxyl groups excluding tert-OH is 6. The number of carbonyl (C=O) groups is 21. The number of aliphatic hydroxyl groups is 6. The number of piperazine rings is 2. The SMILES string of the molecule is CC(=O)CC(=O)N(C)CCCO.CC(=O)CC(=O)N1CCN(C(C)=O)CC1.CC(=O)CC(=O)NC1CCOCC1.CC(=O)CC(=O)NN1CCC(O)CC1.CC(C)C(=O)CC(=O)N(C)CCO.CC(C)C(=O)CC(=O)N1CCC(O)CC1.CC(C)C(=O)CC(=O)N1CCOCC1.CC(C)C(=O)CC(=O)NC(C)(C)CO.CCC(=O)CC(=O)N1CCC(O)CC1.CCN1CCN(C(=O)CC(C)=O)CC1. The van der Waals surface area contributed by atoms with Crippen LogP contribution in [0.1, 0.15) is 253 Å². The van der Waals surface area contributed by atoms with E-state index in [0.717, 1.165) is 45.6 Å². The predicted molar refractivity (Wildman–Crippen MR) is 513 cm³/mol. The van der Waals surface area contributed by atoms with E-state index >= 15 is 0 Å². The molecule has 7 aliphatic heterocycles. The number of carbonyl (C=O) groups excluding carboxylic acids is 21. The largest absolute Gasteiger partial charge is 0.396 e. The molecule has 792 valence electrons. The van der Waals surface area contributed by atoms with Gasteiger partial charge in [-0.25, -0.2) is 5.01 Å². The lowest BCUT2D eigenvalue weighted by atomic mass is 10.0. The van der Waals surface area contributed by atoms with Crippen molar-refractivity contribution >= 4 is 123 Å². The topological polar surface area (TPSA) is 567 Å². The van der Waals surface area contributed by atoms with Crippen molar-refractivity contribution in [2.45, 2.75) is 283 Å². The zero-order valence-corrected chi connectivity index (χ0v) is 86.2. The van der Waals surface area contributed by atoms with E-state index in [1.807, 2.05) is 13.8 Å². The summed E-state index contributed by atoms with van der Waals surface area (Å²) in [4.78, 5) is 249. The van der Waals surface area contributed by atoms with Crippen molar-refractivity contribution in [2.75, 3.05) is 185 Å². The van der Waals surface area contributed by atoms with Gasteiger partial charge in [0.2, 0.25) is 65.0 Å². The molecule has 42 heteroatoms. The van der Waals surface area contributed by atoms with Crippen molar-refractivity contribution in [3.8, 4) is 0 Å². The lowest BCUT2D eigenvalue weighted by Gasteiger charge is -2.34. The van der Waals surface area contributed by atoms with Crippen molar-refractivity contribution in [1.82, 2.24) is 65.2 Å². The minimum absolute atomic E-state index is 0.00262. The van der Waals surface area contributed by atoms with E-state index in [4.69, 9.17) is 24.8 Å². The lowest BCUT2D eigenvalue weighted by molar-refractivity contribution is -0.140. The van der Waals surface area contributed by atoms with Gasteiger partial charge in [-0.05, 0) is 113 Å². The van der Waals surface area contributed by atoms with Crippen LogP contribution in [0, 0.1) is 23.7 Å². The molecule has 0 saturated carbocycles. The second-order valence-electron chi connectivity index (χ2n) is 36.8. The van der Waals surface area contributed by atoms with Gasteiger partial charge in [-0.1, -0.05) is 69.2 Å². The van der Waals surface area contributed by atoms with E-state index in [9.17, 15) is 116 Å². The highest BCUT2D eigenvalue weighted by molar-refractivity contribution is 6.03. The van der Waals surface area contributed by atoms with Crippen molar-refractivity contribution < 1.29 is 141 Å².